The number of fused-ring (bicyclic) bond motifs is 2. The van der Waals surface area contributed by atoms with Crippen molar-refractivity contribution in [1.29, 1.82) is 0 Å². The van der Waals surface area contributed by atoms with Gasteiger partial charge in [-0.25, -0.2) is 4.98 Å². The van der Waals surface area contributed by atoms with Gasteiger partial charge in [-0.15, -0.1) is 15.3 Å². The van der Waals surface area contributed by atoms with Crippen LogP contribution in [0.1, 0.15) is 29.2 Å². The fourth-order valence-electron chi connectivity index (χ4n) is 4.13. The van der Waals surface area contributed by atoms with E-state index in [-0.39, 0.29) is 0 Å². The highest BCUT2D eigenvalue weighted by atomic mass is 32.1. The molecule has 1 heterocycles. The second-order valence-corrected chi connectivity index (χ2v) is 9.94. The predicted octanol–water partition coefficient (Wildman–Crippen LogP) is 9.95. The standard InChI is InChI=1S/C29H28N6S/c1-6-30-23-11-12-24(22-10-8-7-9-21(22)23)32-33-25-14-20(5)26(15-19(25)4)34-35-29-31-27-13-17(2)18(3)16-28(27)36-29/h7-16,30H,6H2,1-5H3. The van der Waals surface area contributed by atoms with Crippen LogP contribution in [-0.2, 0) is 0 Å². The van der Waals surface area contributed by atoms with E-state index >= 15 is 0 Å². The van der Waals surface area contributed by atoms with Crippen LogP contribution in [0.25, 0.3) is 21.0 Å². The van der Waals surface area contributed by atoms with Gasteiger partial charge in [0.15, 0.2) is 0 Å². The van der Waals surface area contributed by atoms with E-state index in [2.05, 4.69) is 81.9 Å². The van der Waals surface area contributed by atoms with Crippen molar-refractivity contribution >= 4 is 60.2 Å². The summed E-state index contributed by atoms with van der Waals surface area (Å²) in [4.78, 5) is 4.63. The van der Waals surface area contributed by atoms with Crippen LogP contribution >= 0.6 is 11.3 Å². The Labute approximate surface area is 214 Å². The lowest BCUT2D eigenvalue weighted by molar-refractivity contribution is 1.16. The first-order valence-electron chi connectivity index (χ1n) is 12.0. The Kier molecular flexibility index (Phi) is 6.57. The molecule has 0 aliphatic heterocycles. The molecular weight excluding hydrogens is 464 g/mol. The lowest BCUT2D eigenvalue weighted by Gasteiger charge is -2.09. The van der Waals surface area contributed by atoms with Crippen molar-refractivity contribution in [1.82, 2.24) is 4.98 Å². The number of anilines is 1. The summed E-state index contributed by atoms with van der Waals surface area (Å²) in [6, 6.07) is 20.6. The third kappa shape index (κ3) is 4.75. The number of azo groups is 2. The largest absolute Gasteiger partial charge is 0.385 e. The van der Waals surface area contributed by atoms with Gasteiger partial charge in [0.2, 0.25) is 5.13 Å². The normalized spacial score (nSPS) is 11.9. The fourth-order valence-corrected chi connectivity index (χ4v) is 5.00. The molecule has 36 heavy (non-hydrogen) atoms. The maximum Gasteiger partial charge on any atom is 0.231 e. The molecule has 180 valence electrons. The number of benzene rings is 4. The van der Waals surface area contributed by atoms with Gasteiger partial charge in [0, 0.05) is 23.0 Å². The molecule has 0 bridgehead atoms. The van der Waals surface area contributed by atoms with Crippen LogP contribution in [-0.4, -0.2) is 11.5 Å². The number of aromatic nitrogens is 1. The number of hydrogen-bond acceptors (Lipinski definition) is 7. The van der Waals surface area contributed by atoms with Crippen molar-refractivity contribution in [2.75, 3.05) is 11.9 Å². The van der Waals surface area contributed by atoms with Gasteiger partial charge in [0.25, 0.3) is 0 Å². The van der Waals surface area contributed by atoms with Crippen LogP contribution in [0, 0.1) is 27.7 Å². The zero-order chi connectivity index (χ0) is 25.2. The van der Waals surface area contributed by atoms with Crippen LogP contribution in [0.4, 0.5) is 27.9 Å². The molecule has 0 saturated heterocycles. The lowest BCUT2D eigenvalue weighted by atomic mass is 10.1. The summed E-state index contributed by atoms with van der Waals surface area (Å²) >= 11 is 1.55. The molecule has 0 unspecified atom stereocenters. The summed E-state index contributed by atoms with van der Waals surface area (Å²) in [7, 11) is 0. The van der Waals surface area contributed by atoms with Crippen LogP contribution in [0.15, 0.2) is 81.1 Å². The van der Waals surface area contributed by atoms with E-state index in [1.165, 1.54) is 11.1 Å². The fraction of sp³-hybridized carbons (Fsp3) is 0.207. The van der Waals surface area contributed by atoms with Gasteiger partial charge < -0.3 is 5.32 Å². The van der Waals surface area contributed by atoms with E-state index in [1.807, 2.05) is 44.2 Å². The molecule has 0 spiro atoms. The number of nitrogens with one attached hydrogen (secondary N) is 1. The third-order valence-corrected chi connectivity index (χ3v) is 7.19. The highest BCUT2D eigenvalue weighted by molar-refractivity contribution is 7.21. The van der Waals surface area contributed by atoms with Crippen molar-refractivity contribution < 1.29 is 0 Å². The summed E-state index contributed by atoms with van der Waals surface area (Å²) in [5, 5.41) is 24.4. The molecule has 4 aromatic carbocycles. The number of thiazole rings is 1. The van der Waals surface area contributed by atoms with E-state index in [4.69, 9.17) is 0 Å². The summed E-state index contributed by atoms with van der Waals surface area (Å²) in [6.45, 7) is 11.2. The van der Waals surface area contributed by atoms with Crippen molar-refractivity contribution in [3.63, 3.8) is 0 Å². The molecule has 0 aliphatic carbocycles. The van der Waals surface area contributed by atoms with Crippen LogP contribution in [0.5, 0.6) is 0 Å². The quantitative estimate of drug-likeness (QED) is 0.239. The molecule has 0 fully saturated rings. The number of nitrogens with zero attached hydrogens (tertiary/aromatic N) is 5. The SMILES string of the molecule is CCNc1ccc(N=Nc2cc(C)c(N=Nc3nc4cc(C)c(C)cc4s3)cc2C)c2ccccc12. The zero-order valence-electron chi connectivity index (χ0n) is 21.1. The van der Waals surface area contributed by atoms with E-state index in [9.17, 15) is 0 Å². The van der Waals surface area contributed by atoms with Gasteiger partial charge in [-0.05, 0) is 93.3 Å². The molecule has 1 aromatic heterocycles. The van der Waals surface area contributed by atoms with Gasteiger partial charge in [0.1, 0.15) is 0 Å². The van der Waals surface area contributed by atoms with E-state index in [0.29, 0.717) is 5.13 Å². The molecule has 1 N–H and O–H groups in total. The highest BCUT2D eigenvalue weighted by Crippen LogP contribution is 2.36. The smallest absolute Gasteiger partial charge is 0.231 e. The molecular formula is C29H28N6S. The molecule has 0 saturated carbocycles. The molecule has 0 amide bonds. The molecule has 6 nitrogen and oxygen atoms in total. The first-order valence-corrected chi connectivity index (χ1v) is 12.8. The van der Waals surface area contributed by atoms with Crippen molar-refractivity contribution in [2.24, 2.45) is 20.5 Å². The Hall–Kier alpha value is -3.97. The predicted molar refractivity (Wildman–Crippen MR) is 151 cm³/mol. The van der Waals surface area contributed by atoms with Crippen molar-refractivity contribution in [3.8, 4) is 0 Å². The summed E-state index contributed by atoms with van der Waals surface area (Å²) in [6.07, 6.45) is 0. The van der Waals surface area contributed by atoms with Crippen LogP contribution < -0.4 is 5.32 Å². The average molecular weight is 493 g/mol. The third-order valence-electron chi connectivity index (χ3n) is 6.28. The van der Waals surface area contributed by atoms with Gasteiger partial charge >= 0.3 is 0 Å². The van der Waals surface area contributed by atoms with Crippen LogP contribution in [0.3, 0.4) is 0 Å². The average Bonchev–Trinajstić information content (AvgIpc) is 3.26. The topological polar surface area (TPSA) is 74.4 Å². The second-order valence-electron chi connectivity index (χ2n) is 8.93. The summed E-state index contributed by atoms with van der Waals surface area (Å²) < 4.78 is 1.13. The Balaban J connectivity index is 1.42. The van der Waals surface area contributed by atoms with Crippen molar-refractivity contribution in [3.05, 3.63) is 82.9 Å². The Morgan fingerprint density at radius 2 is 1.33 bits per heavy atom. The number of hydrogen-bond donors (Lipinski definition) is 1. The summed E-state index contributed by atoms with van der Waals surface area (Å²) in [5.41, 5.74) is 8.99. The highest BCUT2D eigenvalue weighted by Gasteiger charge is 2.09. The van der Waals surface area contributed by atoms with E-state index in [0.717, 1.165) is 61.4 Å². The molecule has 0 aliphatic rings. The maximum atomic E-state index is 4.63. The summed E-state index contributed by atoms with van der Waals surface area (Å²) in [5.74, 6) is 0. The Morgan fingerprint density at radius 1 is 0.694 bits per heavy atom. The van der Waals surface area contributed by atoms with Gasteiger partial charge in [-0.3, -0.25) is 0 Å². The van der Waals surface area contributed by atoms with Crippen molar-refractivity contribution in [2.45, 2.75) is 34.6 Å². The molecule has 5 aromatic rings. The Bertz CT molecular complexity index is 1610. The monoisotopic (exact) mass is 492 g/mol. The number of aryl methyl sites for hydroxylation is 4. The Morgan fingerprint density at radius 3 is 2.06 bits per heavy atom. The molecule has 0 atom stereocenters. The minimum Gasteiger partial charge on any atom is -0.385 e. The minimum absolute atomic E-state index is 0.656. The van der Waals surface area contributed by atoms with Gasteiger partial charge in [-0.1, -0.05) is 35.6 Å². The maximum absolute atomic E-state index is 4.63. The first-order chi connectivity index (χ1) is 17.4. The molecule has 0 radical (unpaired) electrons. The first kappa shape index (κ1) is 23.8. The minimum atomic E-state index is 0.656. The number of rotatable bonds is 6. The molecule has 5 rings (SSSR count). The second kappa shape index (κ2) is 9.95. The molecule has 7 heteroatoms. The van der Waals surface area contributed by atoms with Gasteiger partial charge in [-0.2, -0.15) is 5.11 Å². The van der Waals surface area contributed by atoms with Gasteiger partial charge in [0.05, 0.1) is 27.3 Å². The lowest BCUT2D eigenvalue weighted by Crippen LogP contribution is -1.96. The van der Waals surface area contributed by atoms with Crippen LogP contribution in [0.2, 0.25) is 0 Å². The van der Waals surface area contributed by atoms with E-state index < -0.39 is 0 Å². The zero-order valence-corrected chi connectivity index (χ0v) is 21.9. The van der Waals surface area contributed by atoms with E-state index in [1.54, 1.807) is 11.3 Å².